The van der Waals surface area contributed by atoms with E-state index < -0.39 is 16.2 Å². The molecule has 0 atom stereocenters. The van der Waals surface area contributed by atoms with Crippen molar-refractivity contribution in [1.29, 1.82) is 0 Å². The molecule has 1 saturated heterocycles. The zero-order chi connectivity index (χ0) is 18.0. The molecular formula is C16H21N5O4. The summed E-state index contributed by atoms with van der Waals surface area (Å²) in [5.74, 6) is 0.00235. The Morgan fingerprint density at radius 3 is 2.76 bits per heavy atom. The van der Waals surface area contributed by atoms with Crippen molar-refractivity contribution in [2.75, 3.05) is 38.2 Å². The van der Waals surface area contributed by atoms with Gasteiger partial charge >= 0.3 is 11.2 Å². The van der Waals surface area contributed by atoms with Gasteiger partial charge in [0.15, 0.2) is 0 Å². The zero-order valence-electron chi connectivity index (χ0n) is 14.3. The van der Waals surface area contributed by atoms with Gasteiger partial charge in [0.25, 0.3) is 0 Å². The first kappa shape index (κ1) is 17.3. The molecular weight excluding hydrogens is 326 g/mol. The lowest BCUT2D eigenvalue weighted by Crippen LogP contribution is -2.53. The quantitative estimate of drug-likeness (QED) is 0.639. The number of aromatic nitrogens is 2. The third kappa shape index (κ3) is 3.47. The largest absolute Gasteiger partial charge is 0.379 e. The van der Waals surface area contributed by atoms with Crippen LogP contribution in [-0.4, -0.2) is 57.6 Å². The Bertz CT molecular complexity index is 842. The molecule has 25 heavy (non-hydrogen) atoms. The van der Waals surface area contributed by atoms with Gasteiger partial charge in [-0.25, -0.2) is 4.98 Å². The molecule has 134 valence electrons. The van der Waals surface area contributed by atoms with Crippen LogP contribution in [0.25, 0.3) is 5.65 Å². The fraction of sp³-hybridized carbons (Fsp3) is 0.500. The highest BCUT2D eigenvalue weighted by molar-refractivity contribution is 5.59. The van der Waals surface area contributed by atoms with Crippen LogP contribution < -0.4 is 10.9 Å². The van der Waals surface area contributed by atoms with E-state index in [4.69, 9.17) is 4.74 Å². The summed E-state index contributed by atoms with van der Waals surface area (Å²) < 4.78 is 6.54. The summed E-state index contributed by atoms with van der Waals surface area (Å²) in [7, 11) is 0. The Labute approximate surface area is 144 Å². The molecule has 9 heteroatoms. The molecule has 0 radical (unpaired) electrons. The number of rotatable bonds is 5. The van der Waals surface area contributed by atoms with Crippen LogP contribution in [-0.2, 0) is 4.74 Å². The van der Waals surface area contributed by atoms with Gasteiger partial charge in [-0.3, -0.25) is 24.2 Å². The van der Waals surface area contributed by atoms with Crippen molar-refractivity contribution >= 4 is 17.2 Å². The highest BCUT2D eigenvalue weighted by Crippen LogP contribution is 2.21. The van der Waals surface area contributed by atoms with E-state index in [1.54, 1.807) is 18.2 Å². The third-order valence-electron chi connectivity index (χ3n) is 4.45. The van der Waals surface area contributed by atoms with Gasteiger partial charge in [-0.05, 0) is 26.0 Å². The zero-order valence-corrected chi connectivity index (χ0v) is 14.3. The first-order chi connectivity index (χ1) is 11.9. The number of nitrogens with zero attached hydrogens (tertiary/aromatic N) is 4. The van der Waals surface area contributed by atoms with Gasteiger partial charge in [-0.1, -0.05) is 6.07 Å². The maximum absolute atomic E-state index is 12.4. The molecule has 0 spiro atoms. The van der Waals surface area contributed by atoms with Crippen LogP contribution in [0, 0.1) is 10.1 Å². The number of ether oxygens (including phenoxy) is 1. The topological polar surface area (TPSA) is 102 Å². The maximum Gasteiger partial charge on any atom is 0.376 e. The standard InChI is InChI=1S/C16H21N5O4/c1-16(2,19-7-9-25-10-8-19)11-17-14-13(21(23)24)15(22)20-6-4-3-5-12(20)18-14/h3-6,17H,7-11H2,1-2H3. The van der Waals surface area contributed by atoms with Gasteiger partial charge in [0.2, 0.25) is 5.82 Å². The van der Waals surface area contributed by atoms with Gasteiger partial charge in [0.05, 0.1) is 18.1 Å². The van der Waals surface area contributed by atoms with E-state index in [0.29, 0.717) is 25.4 Å². The number of pyridine rings is 1. The molecule has 2 aromatic rings. The molecule has 0 bridgehead atoms. The van der Waals surface area contributed by atoms with Crippen LogP contribution >= 0.6 is 0 Å². The van der Waals surface area contributed by atoms with Crippen LogP contribution in [0.3, 0.4) is 0 Å². The van der Waals surface area contributed by atoms with Crippen molar-refractivity contribution in [3.8, 4) is 0 Å². The van der Waals surface area contributed by atoms with E-state index in [1.807, 2.05) is 13.8 Å². The minimum absolute atomic E-state index is 0.00235. The van der Waals surface area contributed by atoms with Gasteiger partial charge in [-0.15, -0.1) is 0 Å². The second-order valence-electron chi connectivity index (χ2n) is 6.57. The Hall–Kier alpha value is -2.52. The number of hydrogen-bond acceptors (Lipinski definition) is 7. The average Bonchev–Trinajstić information content (AvgIpc) is 2.60. The van der Waals surface area contributed by atoms with Crippen molar-refractivity contribution in [2.24, 2.45) is 0 Å². The number of anilines is 1. The number of hydrogen-bond donors (Lipinski definition) is 1. The second kappa shape index (κ2) is 6.77. The summed E-state index contributed by atoms with van der Waals surface area (Å²) in [5.41, 5.74) is -1.13. The van der Waals surface area contributed by atoms with E-state index in [1.165, 1.54) is 10.6 Å². The Balaban J connectivity index is 1.91. The van der Waals surface area contributed by atoms with Crippen molar-refractivity contribution < 1.29 is 9.66 Å². The molecule has 0 unspecified atom stereocenters. The second-order valence-corrected chi connectivity index (χ2v) is 6.57. The Kier molecular flexibility index (Phi) is 4.69. The molecule has 0 aromatic carbocycles. The molecule has 2 aromatic heterocycles. The summed E-state index contributed by atoms with van der Waals surface area (Å²) in [6.07, 6.45) is 1.47. The normalized spacial score (nSPS) is 16.1. The number of nitrogens with one attached hydrogen (secondary N) is 1. The van der Waals surface area contributed by atoms with Crippen molar-refractivity contribution in [1.82, 2.24) is 14.3 Å². The minimum atomic E-state index is -0.692. The van der Waals surface area contributed by atoms with E-state index in [9.17, 15) is 14.9 Å². The summed E-state index contributed by atoms with van der Waals surface area (Å²) in [6, 6.07) is 5.01. The first-order valence-electron chi connectivity index (χ1n) is 8.12. The van der Waals surface area contributed by atoms with Crippen LogP contribution in [0.1, 0.15) is 13.8 Å². The van der Waals surface area contributed by atoms with Crippen molar-refractivity contribution in [3.05, 3.63) is 44.9 Å². The summed E-state index contributed by atoms with van der Waals surface area (Å²) in [6.45, 7) is 7.44. The molecule has 1 fully saturated rings. The lowest BCUT2D eigenvalue weighted by molar-refractivity contribution is -0.385. The van der Waals surface area contributed by atoms with Crippen molar-refractivity contribution in [3.63, 3.8) is 0 Å². The molecule has 0 aliphatic carbocycles. The third-order valence-corrected chi connectivity index (χ3v) is 4.45. The van der Waals surface area contributed by atoms with Gasteiger partial charge < -0.3 is 10.1 Å². The fourth-order valence-corrected chi connectivity index (χ4v) is 2.95. The van der Waals surface area contributed by atoms with Gasteiger partial charge in [0.1, 0.15) is 5.65 Å². The molecule has 1 aliphatic rings. The molecule has 3 heterocycles. The van der Waals surface area contributed by atoms with Crippen LogP contribution in [0.15, 0.2) is 29.2 Å². The first-order valence-corrected chi connectivity index (χ1v) is 8.12. The van der Waals surface area contributed by atoms with Crippen LogP contribution in [0.2, 0.25) is 0 Å². The summed E-state index contributed by atoms with van der Waals surface area (Å²) >= 11 is 0. The van der Waals surface area contributed by atoms with Crippen molar-refractivity contribution in [2.45, 2.75) is 19.4 Å². The number of nitro groups is 1. The predicted molar refractivity (Wildman–Crippen MR) is 93.1 cm³/mol. The lowest BCUT2D eigenvalue weighted by Gasteiger charge is -2.40. The fourth-order valence-electron chi connectivity index (χ4n) is 2.95. The molecule has 1 N–H and O–H groups in total. The van der Waals surface area contributed by atoms with Crippen LogP contribution in [0.5, 0.6) is 0 Å². The molecule has 3 rings (SSSR count). The highest BCUT2D eigenvalue weighted by atomic mass is 16.6. The SMILES string of the molecule is CC(C)(CNc1nc2ccccn2c(=O)c1[N+](=O)[O-])N1CCOCC1. The summed E-state index contributed by atoms with van der Waals surface area (Å²) in [5, 5.41) is 14.4. The van der Waals surface area contributed by atoms with Crippen LogP contribution in [0.4, 0.5) is 11.5 Å². The van der Waals surface area contributed by atoms with Gasteiger partial charge in [-0.2, -0.15) is 0 Å². The monoisotopic (exact) mass is 347 g/mol. The Morgan fingerprint density at radius 2 is 2.08 bits per heavy atom. The molecule has 0 saturated carbocycles. The molecule has 9 nitrogen and oxygen atoms in total. The van der Waals surface area contributed by atoms with Gasteiger partial charge in [0, 0.05) is 31.4 Å². The highest BCUT2D eigenvalue weighted by Gasteiger charge is 2.30. The Morgan fingerprint density at radius 1 is 1.36 bits per heavy atom. The summed E-state index contributed by atoms with van der Waals surface area (Å²) in [4.78, 5) is 29.7. The predicted octanol–water partition coefficient (Wildman–Crippen LogP) is 1.13. The average molecular weight is 347 g/mol. The smallest absolute Gasteiger partial charge is 0.376 e. The van der Waals surface area contributed by atoms with E-state index in [-0.39, 0.29) is 11.4 Å². The molecule has 0 amide bonds. The van der Waals surface area contributed by atoms with E-state index in [0.717, 1.165) is 13.1 Å². The maximum atomic E-state index is 12.4. The lowest BCUT2D eigenvalue weighted by atomic mass is 10.0. The minimum Gasteiger partial charge on any atom is -0.379 e. The van der Waals surface area contributed by atoms with E-state index in [2.05, 4.69) is 15.2 Å². The van der Waals surface area contributed by atoms with E-state index >= 15 is 0 Å². The number of morpholine rings is 1. The molecule has 1 aliphatic heterocycles. The number of fused-ring (bicyclic) bond motifs is 1.